The van der Waals surface area contributed by atoms with E-state index in [0.717, 1.165) is 0 Å². The number of fused-ring (bicyclic) bond motifs is 1. The lowest BCUT2D eigenvalue weighted by Gasteiger charge is -2.17. The molecule has 0 aliphatic heterocycles. The summed E-state index contributed by atoms with van der Waals surface area (Å²) in [6, 6.07) is 7.56. The summed E-state index contributed by atoms with van der Waals surface area (Å²) in [5.41, 5.74) is 0.248. The van der Waals surface area contributed by atoms with Crippen LogP contribution in [0.1, 0.15) is 18.4 Å². The van der Waals surface area contributed by atoms with Gasteiger partial charge in [0.25, 0.3) is 10.2 Å². The van der Waals surface area contributed by atoms with Crippen LogP contribution in [0.3, 0.4) is 0 Å². The maximum absolute atomic E-state index is 12.3. The number of nitro benzene ring substituents is 1. The first kappa shape index (κ1) is 23.1. The third-order valence-corrected chi connectivity index (χ3v) is 4.25. The predicted octanol–water partition coefficient (Wildman–Crippen LogP) is 2.19. The second kappa shape index (κ2) is 10.00. The molecular weight excluding hydrogens is 422 g/mol. The number of carbonyl (C=O) groups excluding carboxylic acids is 1. The Hall–Kier alpha value is -4.23. The lowest BCUT2D eigenvalue weighted by atomic mass is 9.97. The molecule has 0 fully saturated rings. The zero-order valence-corrected chi connectivity index (χ0v) is 16.3. The standard InChI is InChI=1S/C17H17N3O11/c1-10(17(21)29-8-13(31-20(26)27)9-30-19(24)25)11-3-5-14-12(7-11)4-6-15(28-2)16(14)18(22)23/h3-7,10,13H,8-9H2,1-2H3/t10-,13-/m0/s1. The van der Waals surface area contributed by atoms with Crippen LogP contribution >= 0.6 is 0 Å². The molecule has 2 rings (SSSR count). The van der Waals surface area contributed by atoms with E-state index in [1.165, 1.54) is 32.2 Å². The molecule has 2 atom stereocenters. The summed E-state index contributed by atoms with van der Waals surface area (Å²) in [6.07, 6.45) is -1.50. The number of hydrogen-bond acceptors (Lipinski definition) is 11. The Labute approximate surface area is 173 Å². The molecule has 0 radical (unpaired) electrons. The van der Waals surface area contributed by atoms with Crippen LogP contribution in [-0.4, -0.2) is 47.5 Å². The van der Waals surface area contributed by atoms with Crippen molar-refractivity contribution in [2.45, 2.75) is 18.9 Å². The van der Waals surface area contributed by atoms with Gasteiger partial charge in [0.15, 0.2) is 11.9 Å². The van der Waals surface area contributed by atoms with Crippen molar-refractivity contribution in [2.24, 2.45) is 0 Å². The van der Waals surface area contributed by atoms with E-state index in [1.807, 2.05) is 0 Å². The van der Waals surface area contributed by atoms with Crippen molar-refractivity contribution in [1.82, 2.24) is 0 Å². The molecule has 0 N–H and O–H groups in total. The summed E-state index contributed by atoms with van der Waals surface area (Å²) in [5, 5.41) is 30.5. The maximum Gasteiger partial charge on any atom is 0.318 e. The predicted molar refractivity (Wildman–Crippen MR) is 101 cm³/mol. The zero-order valence-electron chi connectivity index (χ0n) is 16.3. The largest absolute Gasteiger partial charge is 0.490 e. The van der Waals surface area contributed by atoms with Gasteiger partial charge >= 0.3 is 11.7 Å². The number of hydrogen-bond donors (Lipinski definition) is 0. The Morgan fingerprint density at radius 2 is 1.74 bits per heavy atom. The first-order chi connectivity index (χ1) is 14.6. The van der Waals surface area contributed by atoms with Crippen LogP contribution in [0.25, 0.3) is 10.8 Å². The van der Waals surface area contributed by atoms with Crippen molar-refractivity contribution in [3.8, 4) is 5.75 Å². The van der Waals surface area contributed by atoms with E-state index in [-0.39, 0.29) is 11.4 Å². The molecule has 0 unspecified atom stereocenters. The highest BCUT2D eigenvalue weighted by Crippen LogP contribution is 2.36. The van der Waals surface area contributed by atoms with Gasteiger partial charge in [-0.1, -0.05) is 18.2 Å². The summed E-state index contributed by atoms with van der Waals surface area (Å²) in [7, 11) is 1.31. The van der Waals surface area contributed by atoms with E-state index in [4.69, 9.17) is 9.47 Å². The average Bonchev–Trinajstić information content (AvgIpc) is 2.72. The van der Waals surface area contributed by atoms with Gasteiger partial charge in [0.1, 0.15) is 13.2 Å². The van der Waals surface area contributed by atoms with E-state index in [2.05, 4.69) is 9.68 Å². The summed E-state index contributed by atoms with van der Waals surface area (Å²) in [6.45, 7) is 0.0314. The highest BCUT2D eigenvalue weighted by atomic mass is 17.0. The first-order valence-corrected chi connectivity index (χ1v) is 8.64. The third-order valence-electron chi connectivity index (χ3n) is 4.25. The number of carbonyl (C=O) groups is 1. The fourth-order valence-electron chi connectivity index (χ4n) is 2.75. The van der Waals surface area contributed by atoms with Crippen LogP contribution in [0.2, 0.25) is 0 Å². The fourth-order valence-corrected chi connectivity index (χ4v) is 2.75. The Morgan fingerprint density at radius 3 is 2.32 bits per heavy atom. The minimum Gasteiger partial charge on any atom is -0.490 e. The minimum atomic E-state index is -1.50. The molecule has 166 valence electrons. The molecule has 0 saturated carbocycles. The SMILES string of the molecule is COc1ccc2cc([C@H](C)C(=O)OC[C@@H](CO[N+](=O)[O-])O[N+](=O)[O-])ccc2c1[N+](=O)[O-]. The van der Waals surface area contributed by atoms with Crippen molar-refractivity contribution in [2.75, 3.05) is 20.3 Å². The molecule has 0 aromatic heterocycles. The van der Waals surface area contributed by atoms with Crippen LogP contribution < -0.4 is 4.74 Å². The molecule has 2 aromatic carbocycles. The lowest BCUT2D eigenvalue weighted by molar-refractivity contribution is -0.790. The van der Waals surface area contributed by atoms with Gasteiger partial charge in [-0.15, -0.1) is 20.2 Å². The van der Waals surface area contributed by atoms with E-state index >= 15 is 0 Å². The van der Waals surface area contributed by atoms with E-state index in [9.17, 15) is 35.1 Å². The van der Waals surface area contributed by atoms with Crippen LogP contribution in [0.15, 0.2) is 30.3 Å². The Morgan fingerprint density at radius 1 is 1.03 bits per heavy atom. The number of ether oxygens (including phenoxy) is 2. The Bertz CT molecular complexity index is 1010. The molecule has 0 amide bonds. The normalized spacial score (nSPS) is 12.5. The highest BCUT2D eigenvalue weighted by molar-refractivity contribution is 5.94. The van der Waals surface area contributed by atoms with Crippen molar-refractivity contribution in [3.05, 3.63) is 66.2 Å². The molecule has 14 nitrogen and oxygen atoms in total. The van der Waals surface area contributed by atoms with Gasteiger partial charge in [-0.3, -0.25) is 14.9 Å². The molecule has 0 heterocycles. The van der Waals surface area contributed by atoms with Crippen molar-refractivity contribution in [1.29, 1.82) is 0 Å². The number of esters is 1. The first-order valence-electron chi connectivity index (χ1n) is 8.64. The fraction of sp³-hybridized carbons (Fsp3) is 0.353. The maximum atomic E-state index is 12.3. The van der Waals surface area contributed by atoms with Gasteiger partial charge in [0.2, 0.25) is 0 Å². The van der Waals surface area contributed by atoms with Crippen LogP contribution in [-0.2, 0) is 19.2 Å². The number of nitrogens with zero attached hydrogens (tertiary/aromatic N) is 3. The van der Waals surface area contributed by atoms with Gasteiger partial charge in [-0.25, -0.2) is 0 Å². The van der Waals surface area contributed by atoms with Crippen LogP contribution in [0.5, 0.6) is 5.75 Å². The quantitative estimate of drug-likeness (QED) is 0.284. The monoisotopic (exact) mass is 439 g/mol. The van der Waals surface area contributed by atoms with Gasteiger partial charge in [0.05, 0.1) is 23.3 Å². The third kappa shape index (κ3) is 5.88. The Kier molecular flexibility index (Phi) is 7.43. The molecule has 0 saturated heterocycles. The van der Waals surface area contributed by atoms with Crippen molar-refractivity contribution in [3.63, 3.8) is 0 Å². The second-order valence-electron chi connectivity index (χ2n) is 6.18. The number of rotatable bonds is 11. The molecule has 31 heavy (non-hydrogen) atoms. The average molecular weight is 439 g/mol. The Balaban J connectivity index is 2.16. The van der Waals surface area contributed by atoms with Gasteiger partial charge in [-0.05, 0) is 30.0 Å². The smallest absolute Gasteiger partial charge is 0.318 e. The van der Waals surface area contributed by atoms with Gasteiger partial charge in [-0.2, -0.15) is 0 Å². The van der Waals surface area contributed by atoms with Crippen LogP contribution in [0, 0.1) is 30.3 Å². The van der Waals surface area contributed by atoms with E-state index in [1.54, 1.807) is 12.1 Å². The molecular formula is C17H17N3O11. The summed E-state index contributed by atoms with van der Waals surface area (Å²) >= 11 is 0. The zero-order chi connectivity index (χ0) is 23.1. The molecule has 2 aromatic rings. The second-order valence-corrected chi connectivity index (χ2v) is 6.18. The molecule has 0 spiro atoms. The van der Waals surface area contributed by atoms with Gasteiger partial charge in [0, 0.05) is 0 Å². The number of nitro groups is 1. The van der Waals surface area contributed by atoms with Gasteiger partial charge < -0.3 is 19.1 Å². The summed E-state index contributed by atoms with van der Waals surface area (Å²) < 4.78 is 9.98. The molecule has 0 bridgehead atoms. The molecule has 0 aliphatic rings. The lowest BCUT2D eigenvalue weighted by Crippen LogP contribution is -2.31. The minimum absolute atomic E-state index is 0.0893. The molecule has 0 aliphatic carbocycles. The number of methoxy groups -OCH3 is 1. The van der Waals surface area contributed by atoms with Crippen molar-refractivity contribution >= 4 is 22.4 Å². The summed E-state index contributed by atoms with van der Waals surface area (Å²) in [4.78, 5) is 52.0. The van der Waals surface area contributed by atoms with Crippen LogP contribution in [0.4, 0.5) is 5.69 Å². The highest BCUT2D eigenvalue weighted by Gasteiger charge is 2.24. The van der Waals surface area contributed by atoms with Crippen molar-refractivity contribution < 1.29 is 39.0 Å². The van der Waals surface area contributed by atoms with E-state index < -0.39 is 46.3 Å². The van der Waals surface area contributed by atoms with E-state index in [0.29, 0.717) is 16.3 Å². The summed E-state index contributed by atoms with van der Waals surface area (Å²) in [5.74, 6) is -1.55. The number of benzene rings is 2. The molecule has 14 heteroatoms. The topological polar surface area (TPSA) is 183 Å².